The molecule has 3 aromatic carbocycles. The molecule has 1 amide bonds. The average Bonchev–Trinajstić information content (AvgIpc) is 3.14. The lowest BCUT2D eigenvalue weighted by atomic mass is 9.92. The number of Topliss-reactive ketones (excluding diaryl/α,β-unsaturated/α-hetero) is 1. The van der Waals surface area contributed by atoms with Gasteiger partial charge in [-0.1, -0.05) is 44.2 Å². The van der Waals surface area contributed by atoms with E-state index >= 15 is 0 Å². The number of nitrogens with zero attached hydrogens (tertiary/aromatic N) is 1. The molecule has 4 rings (SSSR count). The van der Waals surface area contributed by atoms with E-state index in [4.69, 9.17) is 9.47 Å². The topological polar surface area (TPSA) is 96.3 Å². The lowest BCUT2D eigenvalue weighted by molar-refractivity contribution is -0.132. The van der Waals surface area contributed by atoms with Crippen molar-refractivity contribution in [1.29, 1.82) is 0 Å². The number of aliphatic hydroxyl groups excluding tert-OH is 1. The third kappa shape index (κ3) is 4.28. The maximum atomic E-state index is 13.4. The second kappa shape index (κ2) is 10.2. The molecule has 1 saturated heterocycles. The number of aliphatic hydroxyl groups is 1. The molecule has 2 N–H and O–H groups in total. The van der Waals surface area contributed by atoms with Crippen LogP contribution in [0.1, 0.15) is 49.4 Å². The smallest absolute Gasteiger partial charge is 0.300 e. The average molecular weight is 488 g/mol. The summed E-state index contributed by atoms with van der Waals surface area (Å²) in [5, 5.41) is 22.1. The number of aromatic hydroxyl groups is 1. The highest BCUT2D eigenvalue weighted by molar-refractivity contribution is 6.52. The van der Waals surface area contributed by atoms with Gasteiger partial charge in [-0.25, -0.2) is 0 Å². The molecule has 1 heterocycles. The van der Waals surface area contributed by atoms with E-state index in [2.05, 4.69) is 0 Å². The molecular formula is C29H29NO6. The normalized spacial score (nSPS) is 17.0. The fourth-order valence-electron chi connectivity index (χ4n) is 4.52. The van der Waals surface area contributed by atoms with Crippen LogP contribution in [-0.2, 0) is 9.59 Å². The van der Waals surface area contributed by atoms with Crippen LogP contribution in [-0.4, -0.2) is 35.6 Å². The maximum Gasteiger partial charge on any atom is 0.300 e. The molecule has 7 heteroatoms. The van der Waals surface area contributed by atoms with Gasteiger partial charge in [-0.05, 0) is 54.8 Å². The Hall–Kier alpha value is -4.26. The van der Waals surface area contributed by atoms with E-state index in [-0.39, 0.29) is 28.7 Å². The van der Waals surface area contributed by atoms with Crippen molar-refractivity contribution in [2.75, 3.05) is 18.6 Å². The highest BCUT2D eigenvalue weighted by Gasteiger charge is 2.48. The molecule has 36 heavy (non-hydrogen) atoms. The van der Waals surface area contributed by atoms with Gasteiger partial charge >= 0.3 is 0 Å². The highest BCUT2D eigenvalue weighted by atomic mass is 16.5. The molecule has 0 spiro atoms. The number of carbonyl (C=O) groups is 2. The molecule has 1 fully saturated rings. The number of methoxy groups -OCH3 is 1. The zero-order valence-electron chi connectivity index (χ0n) is 20.7. The number of ketones is 1. The Labute approximate surface area is 210 Å². The fourth-order valence-corrected chi connectivity index (χ4v) is 4.52. The summed E-state index contributed by atoms with van der Waals surface area (Å²) < 4.78 is 11.3. The van der Waals surface area contributed by atoms with Gasteiger partial charge in [-0.15, -0.1) is 0 Å². The fraction of sp³-hybridized carbons (Fsp3) is 0.241. The Morgan fingerprint density at radius 1 is 1.00 bits per heavy atom. The zero-order valence-corrected chi connectivity index (χ0v) is 20.7. The van der Waals surface area contributed by atoms with Gasteiger partial charge in [0.25, 0.3) is 11.7 Å². The Kier molecular flexibility index (Phi) is 7.01. The van der Waals surface area contributed by atoms with Gasteiger partial charge in [0, 0.05) is 11.1 Å². The van der Waals surface area contributed by atoms with E-state index in [1.165, 1.54) is 18.1 Å². The van der Waals surface area contributed by atoms with E-state index in [9.17, 15) is 19.8 Å². The molecule has 0 bridgehead atoms. The van der Waals surface area contributed by atoms with Gasteiger partial charge in [-0.3, -0.25) is 14.5 Å². The van der Waals surface area contributed by atoms with Gasteiger partial charge in [0.2, 0.25) is 0 Å². The van der Waals surface area contributed by atoms with E-state index in [0.29, 0.717) is 29.2 Å². The van der Waals surface area contributed by atoms with Crippen LogP contribution in [0.15, 0.2) is 72.3 Å². The van der Waals surface area contributed by atoms with Crippen LogP contribution >= 0.6 is 0 Å². The van der Waals surface area contributed by atoms with E-state index in [0.717, 1.165) is 5.56 Å². The number of hydrogen-bond donors (Lipinski definition) is 2. The summed E-state index contributed by atoms with van der Waals surface area (Å²) in [7, 11) is 1.49. The molecule has 0 radical (unpaired) electrons. The van der Waals surface area contributed by atoms with Crippen molar-refractivity contribution in [1.82, 2.24) is 0 Å². The van der Waals surface area contributed by atoms with Crippen LogP contribution in [0.2, 0.25) is 0 Å². The third-order valence-corrected chi connectivity index (χ3v) is 6.22. The lowest BCUT2D eigenvalue weighted by Crippen LogP contribution is -2.29. The molecule has 1 unspecified atom stereocenters. The van der Waals surface area contributed by atoms with Crippen LogP contribution in [0.5, 0.6) is 17.2 Å². The zero-order chi connectivity index (χ0) is 26.0. The van der Waals surface area contributed by atoms with E-state index < -0.39 is 17.7 Å². The first-order valence-corrected chi connectivity index (χ1v) is 11.8. The van der Waals surface area contributed by atoms with Gasteiger partial charge < -0.3 is 19.7 Å². The second-order valence-corrected chi connectivity index (χ2v) is 8.74. The predicted molar refractivity (Wildman–Crippen MR) is 138 cm³/mol. The Morgan fingerprint density at radius 2 is 1.69 bits per heavy atom. The standard InChI is InChI=1S/C29H29NO6/c1-5-36-24-15-14-18(16-20(24)17(2)3)27(32)25-26(19-10-6-9-13-23(19)35-4)30(29(34)28(25)33)21-11-7-8-12-22(21)31/h6-17,26,31-32H,5H2,1-4H3/b27-25+. The molecule has 0 aromatic heterocycles. The number of carbonyl (C=O) groups excluding carboxylic acids is 2. The summed E-state index contributed by atoms with van der Waals surface area (Å²) in [6.45, 7) is 6.40. The molecular weight excluding hydrogens is 458 g/mol. The van der Waals surface area contributed by atoms with Crippen molar-refractivity contribution in [2.45, 2.75) is 32.7 Å². The molecule has 1 aliphatic rings. The van der Waals surface area contributed by atoms with E-state index in [1.807, 2.05) is 20.8 Å². The summed E-state index contributed by atoms with van der Waals surface area (Å²) >= 11 is 0. The Morgan fingerprint density at radius 3 is 2.36 bits per heavy atom. The molecule has 186 valence electrons. The number of benzene rings is 3. The first-order chi connectivity index (χ1) is 17.3. The predicted octanol–water partition coefficient (Wildman–Crippen LogP) is 5.55. The van der Waals surface area contributed by atoms with Crippen molar-refractivity contribution in [3.63, 3.8) is 0 Å². The monoisotopic (exact) mass is 487 g/mol. The van der Waals surface area contributed by atoms with Crippen molar-refractivity contribution in [3.05, 3.63) is 89.0 Å². The largest absolute Gasteiger partial charge is 0.507 e. The minimum Gasteiger partial charge on any atom is -0.507 e. The summed E-state index contributed by atoms with van der Waals surface area (Å²) in [4.78, 5) is 28.0. The summed E-state index contributed by atoms with van der Waals surface area (Å²) in [6.07, 6.45) is 0. The van der Waals surface area contributed by atoms with E-state index in [1.54, 1.807) is 60.7 Å². The second-order valence-electron chi connectivity index (χ2n) is 8.74. The Balaban J connectivity index is 1.98. The minimum atomic E-state index is -1.02. The summed E-state index contributed by atoms with van der Waals surface area (Å²) in [5.41, 5.74) is 1.82. The van der Waals surface area contributed by atoms with Crippen LogP contribution in [0.3, 0.4) is 0 Å². The van der Waals surface area contributed by atoms with Crippen molar-refractivity contribution in [3.8, 4) is 17.2 Å². The van der Waals surface area contributed by atoms with Gasteiger partial charge in [0.05, 0.1) is 31.0 Å². The van der Waals surface area contributed by atoms with Gasteiger partial charge in [0.1, 0.15) is 23.0 Å². The highest BCUT2D eigenvalue weighted by Crippen LogP contribution is 2.47. The van der Waals surface area contributed by atoms with Crippen molar-refractivity contribution in [2.24, 2.45) is 0 Å². The number of hydrogen-bond acceptors (Lipinski definition) is 6. The molecule has 1 aliphatic heterocycles. The first kappa shape index (κ1) is 24.9. The number of rotatable bonds is 7. The first-order valence-electron chi connectivity index (χ1n) is 11.8. The number of anilines is 1. The SMILES string of the molecule is CCOc1ccc(/C(O)=C2\C(=O)C(=O)N(c3ccccc3O)C2c2ccccc2OC)cc1C(C)C. The molecule has 1 atom stereocenters. The molecule has 0 aliphatic carbocycles. The number of para-hydroxylation sites is 3. The maximum absolute atomic E-state index is 13.4. The number of phenols is 1. The minimum absolute atomic E-state index is 0.0907. The number of ether oxygens (including phenoxy) is 2. The van der Waals surface area contributed by atoms with Gasteiger partial charge in [0.15, 0.2) is 0 Å². The molecule has 3 aromatic rings. The lowest BCUT2D eigenvalue weighted by Gasteiger charge is -2.27. The molecule has 0 saturated carbocycles. The van der Waals surface area contributed by atoms with Crippen molar-refractivity contribution >= 4 is 23.1 Å². The summed E-state index contributed by atoms with van der Waals surface area (Å²) in [6, 6.07) is 17.4. The van der Waals surface area contributed by atoms with Crippen LogP contribution in [0.4, 0.5) is 5.69 Å². The number of phenolic OH excluding ortho intramolecular Hbond substituents is 1. The molecule has 7 nitrogen and oxygen atoms in total. The van der Waals surface area contributed by atoms with Crippen LogP contribution in [0.25, 0.3) is 5.76 Å². The van der Waals surface area contributed by atoms with Gasteiger partial charge in [-0.2, -0.15) is 0 Å². The van der Waals surface area contributed by atoms with Crippen LogP contribution in [0, 0.1) is 0 Å². The third-order valence-electron chi connectivity index (χ3n) is 6.22. The Bertz CT molecular complexity index is 1340. The number of amides is 1. The quantitative estimate of drug-likeness (QED) is 0.258. The summed E-state index contributed by atoms with van der Waals surface area (Å²) in [5.74, 6) is -0.969. The van der Waals surface area contributed by atoms with Crippen molar-refractivity contribution < 1.29 is 29.3 Å². The van der Waals surface area contributed by atoms with Crippen LogP contribution < -0.4 is 14.4 Å².